The molecule has 1 aliphatic heterocycles. The van der Waals surface area contributed by atoms with Gasteiger partial charge in [0, 0.05) is 20.0 Å². The highest BCUT2D eigenvalue weighted by molar-refractivity contribution is 5.76. The van der Waals surface area contributed by atoms with Crippen LogP contribution in [0.4, 0.5) is 0 Å². The van der Waals surface area contributed by atoms with Crippen molar-refractivity contribution in [2.45, 2.75) is 25.7 Å². The number of nitrogens with two attached hydrogens (primary N) is 1. The molecule has 1 rings (SSSR count). The van der Waals surface area contributed by atoms with Crippen LogP contribution in [0.2, 0.25) is 0 Å². The second kappa shape index (κ2) is 4.45. The fraction of sp³-hybridized carbons (Fsp3) is 0.889. The molecule has 1 heterocycles. The topological polar surface area (TPSA) is 46.3 Å². The summed E-state index contributed by atoms with van der Waals surface area (Å²) in [6.45, 7) is 1.70. The number of hydrogen-bond acceptors (Lipinski definition) is 2. The van der Waals surface area contributed by atoms with Gasteiger partial charge in [0.05, 0.1) is 0 Å². The first-order chi connectivity index (χ1) is 5.74. The van der Waals surface area contributed by atoms with E-state index in [2.05, 4.69) is 0 Å². The fourth-order valence-electron chi connectivity index (χ4n) is 1.74. The van der Waals surface area contributed by atoms with Crippen molar-refractivity contribution in [1.29, 1.82) is 0 Å². The van der Waals surface area contributed by atoms with E-state index in [0.717, 1.165) is 32.4 Å². The Morgan fingerprint density at radius 3 is 3.00 bits per heavy atom. The molecule has 0 aliphatic carbocycles. The van der Waals surface area contributed by atoms with E-state index in [1.807, 2.05) is 11.9 Å². The first-order valence-electron chi connectivity index (χ1n) is 4.68. The maximum absolute atomic E-state index is 11.1. The molecule has 70 valence electrons. The summed E-state index contributed by atoms with van der Waals surface area (Å²) in [4.78, 5) is 13.0. The van der Waals surface area contributed by atoms with Gasteiger partial charge in [0.2, 0.25) is 5.91 Å². The summed E-state index contributed by atoms with van der Waals surface area (Å²) in [6.07, 6.45) is 4.05. The second-order valence-electron chi connectivity index (χ2n) is 3.61. The molecule has 0 aromatic carbocycles. The number of hydrogen-bond donors (Lipinski definition) is 1. The molecule has 12 heavy (non-hydrogen) atoms. The average molecular weight is 170 g/mol. The van der Waals surface area contributed by atoms with E-state index in [1.54, 1.807) is 0 Å². The molecule has 1 aliphatic rings. The molecule has 0 aromatic heterocycles. The van der Waals surface area contributed by atoms with Gasteiger partial charge in [0.1, 0.15) is 0 Å². The van der Waals surface area contributed by atoms with Crippen LogP contribution in [0.1, 0.15) is 25.7 Å². The third-order valence-electron chi connectivity index (χ3n) is 2.54. The van der Waals surface area contributed by atoms with Crippen molar-refractivity contribution in [3.63, 3.8) is 0 Å². The van der Waals surface area contributed by atoms with Crippen molar-refractivity contribution < 1.29 is 4.79 Å². The number of nitrogens with zero attached hydrogens (tertiary/aromatic N) is 1. The lowest BCUT2D eigenvalue weighted by Gasteiger charge is -2.29. The minimum atomic E-state index is 0.291. The lowest BCUT2D eigenvalue weighted by atomic mass is 9.93. The Morgan fingerprint density at radius 1 is 1.67 bits per heavy atom. The van der Waals surface area contributed by atoms with Crippen LogP contribution in [0.3, 0.4) is 0 Å². The number of amides is 1. The molecular weight excluding hydrogens is 152 g/mol. The van der Waals surface area contributed by atoms with E-state index in [1.165, 1.54) is 6.42 Å². The van der Waals surface area contributed by atoms with E-state index in [0.29, 0.717) is 11.8 Å². The van der Waals surface area contributed by atoms with Crippen molar-refractivity contribution in [3.8, 4) is 0 Å². The minimum absolute atomic E-state index is 0.291. The maximum atomic E-state index is 11.1. The first-order valence-corrected chi connectivity index (χ1v) is 4.68. The van der Waals surface area contributed by atoms with Crippen molar-refractivity contribution in [2.75, 3.05) is 20.1 Å². The van der Waals surface area contributed by atoms with Crippen molar-refractivity contribution >= 4 is 5.91 Å². The Balaban J connectivity index is 2.25. The zero-order chi connectivity index (χ0) is 8.97. The maximum Gasteiger partial charge on any atom is 0.222 e. The summed E-state index contributed by atoms with van der Waals surface area (Å²) in [5, 5.41) is 0. The zero-order valence-electron chi connectivity index (χ0n) is 7.75. The Bertz CT molecular complexity index is 159. The molecule has 1 saturated heterocycles. The fourth-order valence-corrected chi connectivity index (χ4v) is 1.74. The number of carbonyl (C=O) groups excluding carboxylic acids is 1. The summed E-state index contributed by atoms with van der Waals surface area (Å²) < 4.78 is 0. The molecule has 1 amide bonds. The molecule has 0 aromatic rings. The van der Waals surface area contributed by atoms with Crippen LogP contribution in [0.15, 0.2) is 0 Å². The Kier molecular flexibility index (Phi) is 3.53. The highest BCUT2D eigenvalue weighted by atomic mass is 16.2. The number of carbonyl (C=O) groups is 1. The Labute approximate surface area is 73.9 Å². The van der Waals surface area contributed by atoms with Crippen LogP contribution in [0.25, 0.3) is 0 Å². The SMILES string of the molecule is CN1CC(CCCN)CCC1=O. The van der Waals surface area contributed by atoms with Gasteiger partial charge in [-0.05, 0) is 31.7 Å². The van der Waals surface area contributed by atoms with E-state index < -0.39 is 0 Å². The summed E-state index contributed by atoms with van der Waals surface area (Å²) in [5.41, 5.74) is 5.43. The van der Waals surface area contributed by atoms with E-state index in [4.69, 9.17) is 5.73 Å². The molecule has 0 radical (unpaired) electrons. The van der Waals surface area contributed by atoms with Crippen LogP contribution >= 0.6 is 0 Å². The Morgan fingerprint density at radius 2 is 2.42 bits per heavy atom. The molecule has 0 spiro atoms. The molecule has 1 unspecified atom stereocenters. The predicted octanol–water partition coefficient (Wildman–Crippen LogP) is 0.594. The van der Waals surface area contributed by atoms with Gasteiger partial charge in [0.25, 0.3) is 0 Å². The van der Waals surface area contributed by atoms with Gasteiger partial charge in [-0.15, -0.1) is 0 Å². The van der Waals surface area contributed by atoms with Gasteiger partial charge < -0.3 is 10.6 Å². The van der Waals surface area contributed by atoms with Crippen molar-refractivity contribution in [2.24, 2.45) is 11.7 Å². The van der Waals surface area contributed by atoms with E-state index in [-0.39, 0.29) is 0 Å². The van der Waals surface area contributed by atoms with Crippen LogP contribution in [-0.2, 0) is 4.79 Å². The quantitative estimate of drug-likeness (QED) is 0.674. The average Bonchev–Trinajstić information content (AvgIpc) is 2.07. The van der Waals surface area contributed by atoms with Crippen LogP contribution in [0.5, 0.6) is 0 Å². The number of likely N-dealkylation sites (tertiary alicyclic amines) is 1. The highest BCUT2D eigenvalue weighted by Gasteiger charge is 2.21. The Hall–Kier alpha value is -0.570. The molecule has 1 fully saturated rings. The lowest BCUT2D eigenvalue weighted by Crippen LogP contribution is -2.36. The minimum Gasteiger partial charge on any atom is -0.345 e. The van der Waals surface area contributed by atoms with Gasteiger partial charge in [-0.3, -0.25) is 4.79 Å². The van der Waals surface area contributed by atoms with E-state index >= 15 is 0 Å². The first kappa shape index (κ1) is 9.52. The lowest BCUT2D eigenvalue weighted by molar-refractivity contribution is -0.133. The van der Waals surface area contributed by atoms with Crippen LogP contribution < -0.4 is 5.73 Å². The third kappa shape index (κ3) is 2.48. The van der Waals surface area contributed by atoms with Crippen LogP contribution in [0, 0.1) is 5.92 Å². The monoisotopic (exact) mass is 170 g/mol. The van der Waals surface area contributed by atoms with Crippen molar-refractivity contribution in [1.82, 2.24) is 4.90 Å². The molecule has 3 heteroatoms. The van der Waals surface area contributed by atoms with Gasteiger partial charge in [0.15, 0.2) is 0 Å². The third-order valence-corrected chi connectivity index (χ3v) is 2.54. The standard InChI is InChI=1S/C9H18N2O/c1-11-7-8(3-2-6-10)4-5-9(11)12/h8H,2-7,10H2,1H3. The van der Waals surface area contributed by atoms with E-state index in [9.17, 15) is 4.79 Å². The largest absolute Gasteiger partial charge is 0.345 e. The normalized spacial score (nSPS) is 24.7. The number of piperidine rings is 1. The summed E-state index contributed by atoms with van der Waals surface area (Å²) in [6, 6.07) is 0. The summed E-state index contributed by atoms with van der Waals surface area (Å²) in [7, 11) is 1.89. The zero-order valence-corrected chi connectivity index (χ0v) is 7.75. The van der Waals surface area contributed by atoms with Gasteiger partial charge in [-0.1, -0.05) is 0 Å². The highest BCUT2D eigenvalue weighted by Crippen LogP contribution is 2.20. The second-order valence-corrected chi connectivity index (χ2v) is 3.61. The van der Waals surface area contributed by atoms with Gasteiger partial charge in [-0.2, -0.15) is 0 Å². The molecular formula is C9H18N2O. The van der Waals surface area contributed by atoms with Gasteiger partial charge >= 0.3 is 0 Å². The van der Waals surface area contributed by atoms with Gasteiger partial charge in [-0.25, -0.2) is 0 Å². The van der Waals surface area contributed by atoms with Crippen LogP contribution in [-0.4, -0.2) is 30.9 Å². The summed E-state index contributed by atoms with van der Waals surface area (Å²) >= 11 is 0. The predicted molar refractivity (Wildman–Crippen MR) is 48.6 cm³/mol. The van der Waals surface area contributed by atoms with Crippen molar-refractivity contribution in [3.05, 3.63) is 0 Å². The molecule has 1 atom stereocenters. The summed E-state index contributed by atoms with van der Waals surface area (Å²) in [5.74, 6) is 0.982. The number of rotatable bonds is 3. The molecule has 2 N–H and O–H groups in total. The molecule has 0 saturated carbocycles. The smallest absolute Gasteiger partial charge is 0.222 e. The molecule has 0 bridgehead atoms. The molecule has 3 nitrogen and oxygen atoms in total.